The summed E-state index contributed by atoms with van der Waals surface area (Å²) in [6, 6.07) is 0. The number of hydrogen-bond donors (Lipinski definition) is 1. The molecule has 3 rings (SSSR count). The van der Waals surface area contributed by atoms with Crippen LogP contribution in [0.15, 0.2) is 0 Å². The molecular weight excluding hydrogens is 353 g/mol. The van der Waals surface area contributed by atoms with E-state index in [9.17, 15) is 39.5 Å². The SMILES string of the molecule is Nc1c(F)c(F)c(F)c2c(F)c3c(F)c(F)c(F)c(F)c3c(F)c12. The van der Waals surface area contributed by atoms with E-state index >= 15 is 0 Å². The Morgan fingerprint density at radius 3 is 1.04 bits per heavy atom. The van der Waals surface area contributed by atoms with Gasteiger partial charge in [-0.15, -0.1) is 0 Å². The van der Waals surface area contributed by atoms with Crippen LogP contribution in [-0.4, -0.2) is 0 Å². The van der Waals surface area contributed by atoms with Crippen molar-refractivity contribution in [3.63, 3.8) is 0 Å². The molecule has 2 N–H and O–H groups in total. The minimum Gasteiger partial charge on any atom is -0.396 e. The van der Waals surface area contributed by atoms with Crippen LogP contribution in [0.3, 0.4) is 0 Å². The Morgan fingerprint density at radius 2 is 0.625 bits per heavy atom. The number of anilines is 1. The van der Waals surface area contributed by atoms with Crippen molar-refractivity contribution in [2.75, 3.05) is 5.73 Å². The Balaban J connectivity index is 2.82. The maximum absolute atomic E-state index is 14.4. The normalized spacial score (nSPS) is 11.7. The zero-order valence-corrected chi connectivity index (χ0v) is 11.0. The van der Waals surface area contributed by atoms with Crippen molar-refractivity contribution < 1.29 is 39.5 Å². The summed E-state index contributed by atoms with van der Waals surface area (Å²) >= 11 is 0. The van der Waals surface area contributed by atoms with Gasteiger partial charge in [0.15, 0.2) is 40.7 Å². The lowest BCUT2D eigenvalue weighted by Crippen LogP contribution is -2.08. The predicted octanol–water partition coefficient (Wildman–Crippen LogP) is 4.83. The summed E-state index contributed by atoms with van der Waals surface area (Å²) in [5, 5.41) is -6.70. The average Bonchev–Trinajstić information content (AvgIpc) is 2.55. The number of halogens is 9. The smallest absolute Gasteiger partial charge is 0.198 e. The lowest BCUT2D eigenvalue weighted by Gasteiger charge is -2.13. The second kappa shape index (κ2) is 4.92. The molecular formula is C14H2F9N. The minimum atomic E-state index is -2.49. The third-order valence-electron chi connectivity index (χ3n) is 3.51. The van der Waals surface area contributed by atoms with E-state index in [0.717, 1.165) is 0 Å². The average molecular weight is 355 g/mol. The van der Waals surface area contributed by atoms with Crippen LogP contribution in [0.5, 0.6) is 0 Å². The lowest BCUT2D eigenvalue weighted by molar-refractivity contribution is 0.414. The first kappa shape index (κ1) is 16.2. The molecule has 0 bridgehead atoms. The molecule has 0 radical (unpaired) electrons. The standard InChI is InChI=1S/C14H2F9N/c15-5-1-2(8(18)11(21)10(20)7(1)17)6(16)4-3(5)9(19)12(22)13(23)14(4)24/h24H2. The molecule has 0 aliphatic heterocycles. The Hall–Kier alpha value is -2.65. The fourth-order valence-electron chi connectivity index (χ4n) is 2.41. The van der Waals surface area contributed by atoms with Gasteiger partial charge < -0.3 is 5.73 Å². The molecule has 126 valence electrons. The van der Waals surface area contributed by atoms with Crippen LogP contribution in [0.2, 0.25) is 0 Å². The van der Waals surface area contributed by atoms with Gasteiger partial charge in [0.25, 0.3) is 0 Å². The predicted molar refractivity (Wildman–Crippen MR) is 65.5 cm³/mol. The summed E-state index contributed by atoms with van der Waals surface area (Å²) in [7, 11) is 0. The van der Waals surface area contributed by atoms with E-state index in [0.29, 0.717) is 0 Å². The van der Waals surface area contributed by atoms with Crippen molar-refractivity contribution in [1.82, 2.24) is 0 Å². The van der Waals surface area contributed by atoms with E-state index in [4.69, 9.17) is 5.73 Å². The molecule has 0 aromatic heterocycles. The van der Waals surface area contributed by atoms with Crippen LogP contribution in [0.25, 0.3) is 21.5 Å². The maximum atomic E-state index is 14.4. The van der Waals surface area contributed by atoms with E-state index < -0.39 is 79.6 Å². The Kier molecular flexibility index (Phi) is 3.32. The zero-order chi connectivity index (χ0) is 18.1. The fraction of sp³-hybridized carbons (Fsp3) is 0. The first-order valence-electron chi connectivity index (χ1n) is 5.99. The molecule has 10 heteroatoms. The topological polar surface area (TPSA) is 26.0 Å². The number of fused-ring (bicyclic) bond motifs is 2. The Bertz CT molecular complexity index is 894. The Labute approximate surface area is 126 Å². The summed E-state index contributed by atoms with van der Waals surface area (Å²) in [6.07, 6.45) is 0. The Morgan fingerprint density at radius 1 is 0.333 bits per heavy atom. The largest absolute Gasteiger partial charge is 0.396 e. The molecule has 0 aliphatic carbocycles. The van der Waals surface area contributed by atoms with E-state index in [1.54, 1.807) is 0 Å². The van der Waals surface area contributed by atoms with Crippen molar-refractivity contribution in [1.29, 1.82) is 0 Å². The van der Waals surface area contributed by atoms with E-state index in [1.165, 1.54) is 0 Å². The van der Waals surface area contributed by atoms with Crippen molar-refractivity contribution in [3.8, 4) is 0 Å². The number of nitrogens with two attached hydrogens (primary N) is 1. The molecule has 0 fully saturated rings. The van der Waals surface area contributed by atoms with Crippen molar-refractivity contribution in [2.45, 2.75) is 0 Å². The molecule has 0 unspecified atom stereocenters. The van der Waals surface area contributed by atoms with Gasteiger partial charge in [-0.2, -0.15) is 0 Å². The van der Waals surface area contributed by atoms with Crippen LogP contribution >= 0.6 is 0 Å². The minimum absolute atomic E-state index is 1.45. The van der Waals surface area contributed by atoms with Gasteiger partial charge in [-0.25, -0.2) is 39.5 Å². The van der Waals surface area contributed by atoms with E-state index in [2.05, 4.69) is 0 Å². The van der Waals surface area contributed by atoms with Crippen molar-refractivity contribution >= 4 is 27.2 Å². The van der Waals surface area contributed by atoms with Gasteiger partial charge in [0.2, 0.25) is 0 Å². The van der Waals surface area contributed by atoms with Gasteiger partial charge >= 0.3 is 0 Å². The van der Waals surface area contributed by atoms with Gasteiger partial charge in [0, 0.05) is 0 Å². The summed E-state index contributed by atoms with van der Waals surface area (Å²) in [4.78, 5) is 0. The van der Waals surface area contributed by atoms with Crippen molar-refractivity contribution in [3.05, 3.63) is 52.4 Å². The molecule has 0 heterocycles. The second-order valence-electron chi connectivity index (χ2n) is 4.74. The first-order chi connectivity index (χ1) is 11.1. The molecule has 0 amide bonds. The maximum Gasteiger partial charge on any atom is 0.198 e. The zero-order valence-electron chi connectivity index (χ0n) is 11.0. The third kappa shape index (κ3) is 1.73. The molecule has 0 atom stereocenters. The van der Waals surface area contributed by atoms with Crippen LogP contribution < -0.4 is 5.73 Å². The van der Waals surface area contributed by atoms with Crippen LogP contribution in [-0.2, 0) is 0 Å². The lowest BCUT2D eigenvalue weighted by atomic mass is 9.98. The highest BCUT2D eigenvalue weighted by Crippen LogP contribution is 2.40. The van der Waals surface area contributed by atoms with Crippen LogP contribution in [0.4, 0.5) is 45.2 Å². The van der Waals surface area contributed by atoms with Crippen LogP contribution in [0.1, 0.15) is 0 Å². The van der Waals surface area contributed by atoms with Crippen LogP contribution in [0, 0.1) is 52.4 Å². The molecule has 0 saturated carbocycles. The van der Waals surface area contributed by atoms with Crippen molar-refractivity contribution in [2.24, 2.45) is 0 Å². The molecule has 0 aliphatic rings. The third-order valence-corrected chi connectivity index (χ3v) is 3.51. The highest BCUT2D eigenvalue weighted by atomic mass is 19.2. The quantitative estimate of drug-likeness (QED) is 0.202. The summed E-state index contributed by atoms with van der Waals surface area (Å²) in [6.45, 7) is 0. The molecule has 0 saturated heterocycles. The van der Waals surface area contributed by atoms with Gasteiger partial charge in [-0.05, 0) is 0 Å². The summed E-state index contributed by atoms with van der Waals surface area (Å²) in [5.41, 5.74) is 3.58. The first-order valence-corrected chi connectivity index (χ1v) is 5.99. The molecule has 24 heavy (non-hydrogen) atoms. The number of nitrogen functional groups attached to an aromatic ring is 1. The van der Waals surface area contributed by atoms with Gasteiger partial charge in [-0.3, -0.25) is 0 Å². The highest BCUT2D eigenvalue weighted by Gasteiger charge is 2.32. The van der Waals surface area contributed by atoms with E-state index in [1.807, 2.05) is 0 Å². The number of rotatable bonds is 0. The second-order valence-corrected chi connectivity index (χ2v) is 4.74. The summed E-state index contributed by atoms with van der Waals surface area (Å²) < 4.78 is 123. The van der Waals surface area contributed by atoms with Gasteiger partial charge in [0.05, 0.1) is 27.2 Å². The van der Waals surface area contributed by atoms with Gasteiger partial charge in [0.1, 0.15) is 11.6 Å². The molecule has 0 spiro atoms. The van der Waals surface area contributed by atoms with E-state index in [-0.39, 0.29) is 0 Å². The number of benzene rings is 3. The monoisotopic (exact) mass is 355 g/mol. The van der Waals surface area contributed by atoms with Gasteiger partial charge in [-0.1, -0.05) is 0 Å². The molecule has 3 aromatic carbocycles. The molecule has 1 nitrogen and oxygen atoms in total. The molecule has 3 aromatic rings. The number of hydrogen-bond acceptors (Lipinski definition) is 1. The highest BCUT2D eigenvalue weighted by molar-refractivity contribution is 6.05. The summed E-state index contributed by atoms with van der Waals surface area (Å²) in [5.74, 6) is -20.6. The fourth-order valence-corrected chi connectivity index (χ4v) is 2.41.